The molecule has 33 heavy (non-hydrogen) atoms. The topological polar surface area (TPSA) is 73.1 Å². The Morgan fingerprint density at radius 1 is 1.12 bits per heavy atom. The van der Waals surface area contributed by atoms with Crippen molar-refractivity contribution in [2.24, 2.45) is 5.10 Å². The Balaban J connectivity index is 1.44. The lowest BCUT2D eigenvalue weighted by molar-refractivity contribution is 0.0929. The summed E-state index contributed by atoms with van der Waals surface area (Å²) in [7, 11) is 0. The molecule has 0 aliphatic heterocycles. The summed E-state index contributed by atoms with van der Waals surface area (Å²) in [6.07, 6.45) is 1.47. The molecule has 0 atom stereocenters. The largest absolute Gasteiger partial charge is 0.494 e. The molecule has 0 unspecified atom stereocenters. The smallest absolute Gasteiger partial charge is 0.307 e. The standard InChI is InChI=1S/C25H20BrFN2O4/c1-2-31-21-7-9-23-17(12-21)13-24(33-23)25(30)29-28-14-18-11-19(26)6-8-22(18)32-15-16-4-3-5-20(27)10-16/h3-14H,2,15H2,1H3,(H,29,30)/b28-14+. The van der Waals surface area contributed by atoms with Crippen molar-refractivity contribution in [3.05, 3.63) is 93.9 Å². The molecule has 0 radical (unpaired) electrons. The highest BCUT2D eigenvalue weighted by molar-refractivity contribution is 9.10. The number of hydrazone groups is 1. The van der Waals surface area contributed by atoms with Crippen LogP contribution >= 0.6 is 15.9 Å². The van der Waals surface area contributed by atoms with Crippen LogP contribution in [-0.4, -0.2) is 18.7 Å². The summed E-state index contributed by atoms with van der Waals surface area (Å²) >= 11 is 3.42. The van der Waals surface area contributed by atoms with Gasteiger partial charge in [0.1, 0.15) is 29.5 Å². The van der Waals surface area contributed by atoms with E-state index in [1.807, 2.05) is 19.1 Å². The van der Waals surface area contributed by atoms with Crippen molar-refractivity contribution in [3.8, 4) is 11.5 Å². The molecule has 8 heteroatoms. The molecular formula is C25H20BrFN2O4. The molecule has 0 fully saturated rings. The summed E-state index contributed by atoms with van der Waals surface area (Å²) in [5, 5.41) is 4.80. The van der Waals surface area contributed by atoms with Crippen LogP contribution in [0.5, 0.6) is 11.5 Å². The van der Waals surface area contributed by atoms with Gasteiger partial charge in [-0.15, -0.1) is 0 Å². The summed E-state index contributed by atoms with van der Waals surface area (Å²) in [5.41, 5.74) is 4.37. The first-order valence-corrected chi connectivity index (χ1v) is 11.0. The molecule has 0 aliphatic rings. The van der Waals surface area contributed by atoms with Crippen LogP contribution in [0.4, 0.5) is 4.39 Å². The van der Waals surface area contributed by atoms with Gasteiger partial charge in [0.05, 0.1) is 12.8 Å². The van der Waals surface area contributed by atoms with Crippen molar-refractivity contribution in [1.82, 2.24) is 5.43 Å². The maximum atomic E-state index is 13.4. The zero-order valence-corrected chi connectivity index (χ0v) is 19.3. The van der Waals surface area contributed by atoms with E-state index in [2.05, 4.69) is 26.5 Å². The third-order valence-electron chi connectivity index (χ3n) is 4.65. The van der Waals surface area contributed by atoms with E-state index in [1.54, 1.807) is 42.5 Å². The zero-order valence-electron chi connectivity index (χ0n) is 17.7. The second-order valence-electron chi connectivity index (χ2n) is 7.04. The van der Waals surface area contributed by atoms with Gasteiger partial charge in [0.15, 0.2) is 5.76 Å². The number of carbonyl (C=O) groups excluding carboxylic acids is 1. The number of hydrogen-bond donors (Lipinski definition) is 1. The Hall–Kier alpha value is -3.65. The van der Waals surface area contributed by atoms with Crippen LogP contribution in [0.25, 0.3) is 11.0 Å². The van der Waals surface area contributed by atoms with Crippen LogP contribution < -0.4 is 14.9 Å². The van der Waals surface area contributed by atoms with Crippen molar-refractivity contribution in [3.63, 3.8) is 0 Å². The third kappa shape index (κ3) is 5.78. The fraction of sp³-hybridized carbons (Fsp3) is 0.120. The molecule has 3 aromatic carbocycles. The molecule has 1 N–H and O–H groups in total. The van der Waals surface area contributed by atoms with Crippen LogP contribution in [0.3, 0.4) is 0 Å². The summed E-state index contributed by atoms with van der Waals surface area (Å²) < 4.78 is 31.1. The molecule has 4 rings (SSSR count). The lowest BCUT2D eigenvalue weighted by Crippen LogP contribution is -2.16. The molecule has 0 saturated heterocycles. The second-order valence-corrected chi connectivity index (χ2v) is 7.96. The Kier molecular flexibility index (Phi) is 7.04. The molecule has 0 saturated carbocycles. The minimum Gasteiger partial charge on any atom is -0.494 e. The number of halogens is 2. The van der Waals surface area contributed by atoms with Crippen LogP contribution in [0.15, 0.2) is 80.7 Å². The number of rotatable bonds is 8. The van der Waals surface area contributed by atoms with Crippen LogP contribution in [0, 0.1) is 5.82 Å². The van der Waals surface area contributed by atoms with Crippen LogP contribution in [0.2, 0.25) is 0 Å². The number of ether oxygens (including phenoxy) is 2. The first-order valence-electron chi connectivity index (χ1n) is 10.2. The minimum atomic E-state index is -0.488. The highest BCUT2D eigenvalue weighted by Gasteiger charge is 2.12. The van der Waals surface area contributed by atoms with Gasteiger partial charge in [-0.25, -0.2) is 9.82 Å². The maximum absolute atomic E-state index is 13.4. The number of nitrogens with one attached hydrogen (secondary N) is 1. The van der Waals surface area contributed by atoms with Crippen molar-refractivity contribution < 1.29 is 23.1 Å². The molecule has 6 nitrogen and oxygen atoms in total. The predicted molar refractivity (Wildman–Crippen MR) is 127 cm³/mol. The summed E-state index contributed by atoms with van der Waals surface area (Å²) in [6, 6.07) is 18.6. The Labute approximate surface area is 198 Å². The van der Waals surface area contributed by atoms with Gasteiger partial charge in [-0.2, -0.15) is 5.10 Å². The van der Waals surface area contributed by atoms with E-state index in [0.29, 0.717) is 34.8 Å². The van der Waals surface area contributed by atoms with Crippen molar-refractivity contribution in [1.29, 1.82) is 0 Å². The highest BCUT2D eigenvalue weighted by Crippen LogP contribution is 2.25. The highest BCUT2D eigenvalue weighted by atomic mass is 79.9. The van der Waals surface area contributed by atoms with E-state index in [-0.39, 0.29) is 18.2 Å². The van der Waals surface area contributed by atoms with Gasteiger partial charge in [0.25, 0.3) is 0 Å². The van der Waals surface area contributed by atoms with Crippen molar-refractivity contribution >= 4 is 39.0 Å². The summed E-state index contributed by atoms with van der Waals surface area (Å²) in [5.74, 6) is 0.560. The monoisotopic (exact) mass is 510 g/mol. The molecular weight excluding hydrogens is 491 g/mol. The molecule has 1 aromatic heterocycles. The number of hydrogen-bond acceptors (Lipinski definition) is 5. The quantitative estimate of drug-likeness (QED) is 0.230. The van der Waals surface area contributed by atoms with E-state index in [1.165, 1.54) is 18.3 Å². The normalized spacial score (nSPS) is 11.1. The molecule has 0 spiro atoms. The third-order valence-corrected chi connectivity index (χ3v) is 5.14. The van der Waals surface area contributed by atoms with Gasteiger partial charge >= 0.3 is 5.91 Å². The first-order chi connectivity index (χ1) is 16.0. The van der Waals surface area contributed by atoms with E-state index in [9.17, 15) is 9.18 Å². The molecule has 168 valence electrons. The zero-order chi connectivity index (χ0) is 23.2. The summed E-state index contributed by atoms with van der Waals surface area (Å²) in [6.45, 7) is 2.64. The van der Waals surface area contributed by atoms with Gasteiger partial charge in [0.2, 0.25) is 0 Å². The molecule has 1 heterocycles. The average Bonchev–Trinajstić information content (AvgIpc) is 3.22. The number of amides is 1. The van der Waals surface area contributed by atoms with E-state index >= 15 is 0 Å². The SMILES string of the molecule is CCOc1ccc2oc(C(=O)N/N=C/c3cc(Br)ccc3OCc3cccc(F)c3)cc2c1. The van der Waals surface area contributed by atoms with Crippen molar-refractivity contribution in [2.75, 3.05) is 6.61 Å². The second kappa shape index (κ2) is 10.3. The van der Waals surface area contributed by atoms with Crippen molar-refractivity contribution in [2.45, 2.75) is 13.5 Å². The Morgan fingerprint density at radius 2 is 2.00 bits per heavy atom. The molecule has 1 amide bonds. The molecule has 0 aliphatic carbocycles. The van der Waals surface area contributed by atoms with E-state index in [4.69, 9.17) is 13.9 Å². The van der Waals surface area contributed by atoms with Gasteiger partial charge in [-0.3, -0.25) is 4.79 Å². The van der Waals surface area contributed by atoms with Crippen LogP contribution in [0.1, 0.15) is 28.6 Å². The van der Waals surface area contributed by atoms with Gasteiger partial charge in [-0.1, -0.05) is 28.1 Å². The Bertz CT molecular complexity index is 1320. The van der Waals surface area contributed by atoms with Crippen LogP contribution in [-0.2, 0) is 6.61 Å². The number of nitrogens with zero attached hydrogens (tertiary/aromatic N) is 1. The van der Waals surface area contributed by atoms with E-state index in [0.717, 1.165) is 9.86 Å². The lowest BCUT2D eigenvalue weighted by atomic mass is 10.2. The van der Waals surface area contributed by atoms with Gasteiger partial charge in [-0.05, 0) is 67.1 Å². The number of carbonyl (C=O) groups is 1. The average molecular weight is 511 g/mol. The predicted octanol–water partition coefficient (Wildman–Crippen LogP) is 6.08. The Morgan fingerprint density at radius 3 is 2.82 bits per heavy atom. The fourth-order valence-corrected chi connectivity index (χ4v) is 3.52. The number of benzene rings is 3. The van der Waals surface area contributed by atoms with Gasteiger partial charge in [0, 0.05) is 15.4 Å². The molecule has 0 bridgehead atoms. The number of furan rings is 1. The fourth-order valence-electron chi connectivity index (χ4n) is 3.14. The maximum Gasteiger partial charge on any atom is 0.307 e. The number of fused-ring (bicyclic) bond motifs is 1. The molecule has 4 aromatic rings. The minimum absolute atomic E-state index is 0.132. The van der Waals surface area contributed by atoms with Gasteiger partial charge < -0.3 is 13.9 Å². The lowest BCUT2D eigenvalue weighted by Gasteiger charge is -2.10. The summed E-state index contributed by atoms with van der Waals surface area (Å²) in [4.78, 5) is 12.5. The first kappa shape index (κ1) is 22.5. The van der Waals surface area contributed by atoms with E-state index < -0.39 is 5.91 Å².